The molecular formula is C17H21N5O2. The number of para-hydroxylation sites is 1. The third kappa shape index (κ3) is 2.32. The van der Waals surface area contributed by atoms with E-state index in [2.05, 4.69) is 15.1 Å². The van der Waals surface area contributed by atoms with Crippen LogP contribution >= 0.6 is 0 Å². The predicted molar refractivity (Wildman–Crippen MR) is 90.9 cm³/mol. The number of fused-ring (bicyclic) bond motifs is 3. The molecule has 0 radical (unpaired) electrons. The minimum Gasteiger partial charge on any atom is -0.396 e. The van der Waals surface area contributed by atoms with Gasteiger partial charge in [0.15, 0.2) is 5.82 Å². The molecule has 126 valence electrons. The maximum Gasteiger partial charge on any atom is 0.262 e. The van der Waals surface area contributed by atoms with Crippen LogP contribution in [0.5, 0.6) is 0 Å². The molecule has 3 heterocycles. The van der Waals surface area contributed by atoms with Crippen molar-refractivity contribution in [2.45, 2.75) is 26.4 Å². The number of likely N-dealkylation sites (tertiary alicyclic amines) is 1. The lowest BCUT2D eigenvalue weighted by Crippen LogP contribution is -2.25. The number of hydrogen-bond donors (Lipinski definition) is 1. The summed E-state index contributed by atoms with van der Waals surface area (Å²) in [6.07, 6.45) is 1.01. The van der Waals surface area contributed by atoms with Crippen molar-refractivity contribution in [1.29, 1.82) is 0 Å². The van der Waals surface area contributed by atoms with Crippen molar-refractivity contribution in [2.75, 3.05) is 19.7 Å². The zero-order chi connectivity index (χ0) is 16.7. The second-order valence-electron chi connectivity index (χ2n) is 6.39. The maximum atomic E-state index is 12.7. The highest BCUT2D eigenvalue weighted by Gasteiger charge is 2.24. The summed E-state index contributed by atoms with van der Waals surface area (Å²) in [5.41, 5.74) is 0.821. The first-order chi connectivity index (χ1) is 11.7. The van der Waals surface area contributed by atoms with Crippen LogP contribution in [0.4, 0.5) is 0 Å². The summed E-state index contributed by atoms with van der Waals surface area (Å²) < 4.78 is 3.66. The van der Waals surface area contributed by atoms with Gasteiger partial charge in [-0.2, -0.15) is 0 Å². The largest absolute Gasteiger partial charge is 0.396 e. The minimum atomic E-state index is -0.0268. The second-order valence-corrected chi connectivity index (χ2v) is 6.39. The minimum absolute atomic E-state index is 0.0268. The van der Waals surface area contributed by atoms with Crippen LogP contribution < -0.4 is 5.56 Å². The Kier molecular flexibility index (Phi) is 3.82. The van der Waals surface area contributed by atoms with Gasteiger partial charge in [0, 0.05) is 19.7 Å². The van der Waals surface area contributed by atoms with Crippen LogP contribution in [0.25, 0.3) is 16.7 Å². The first-order valence-corrected chi connectivity index (χ1v) is 8.41. The Bertz CT molecular complexity index is 945. The number of aliphatic hydroxyl groups is 1. The van der Waals surface area contributed by atoms with Crippen molar-refractivity contribution < 1.29 is 5.11 Å². The van der Waals surface area contributed by atoms with E-state index in [1.165, 1.54) is 0 Å². The molecule has 7 nitrogen and oxygen atoms in total. The smallest absolute Gasteiger partial charge is 0.262 e. The summed E-state index contributed by atoms with van der Waals surface area (Å²) in [6.45, 7) is 5.22. The molecule has 7 heteroatoms. The van der Waals surface area contributed by atoms with Gasteiger partial charge in [-0.05, 0) is 37.9 Å². The fourth-order valence-electron chi connectivity index (χ4n) is 3.61. The Morgan fingerprint density at radius 1 is 1.29 bits per heavy atom. The summed E-state index contributed by atoms with van der Waals surface area (Å²) in [7, 11) is 0. The standard InChI is InChI=1S/C17H21N5O2/c1-2-21-16(24)13-5-3-4-6-14(13)22-15(18-19-17(21)22)10-20-8-7-12(9-20)11-23/h3-6,12,23H,2,7-11H2,1H3. The van der Waals surface area contributed by atoms with E-state index in [0.29, 0.717) is 30.2 Å². The fourth-order valence-corrected chi connectivity index (χ4v) is 3.61. The van der Waals surface area contributed by atoms with Gasteiger partial charge in [-0.3, -0.25) is 18.7 Å². The van der Waals surface area contributed by atoms with Crippen molar-refractivity contribution in [2.24, 2.45) is 5.92 Å². The Balaban J connectivity index is 1.86. The van der Waals surface area contributed by atoms with Crippen molar-refractivity contribution in [3.63, 3.8) is 0 Å². The van der Waals surface area contributed by atoms with Crippen molar-refractivity contribution in [3.8, 4) is 0 Å². The molecule has 1 aliphatic heterocycles. The van der Waals surface area contributed by atoms with Gasteiger partial charge in [0.05, 0.1) is 17.4 Å². The van der Waals surface area contributed by atoms with Gasteiger partial charge in [0.25, 0.3) is 5.56 Å². The first-order valence-electron chi connectivity index (χ1n) is 8.41. The zero-order valence-electron chi connectivity index (χ0n) is 13.7. The van der Waals surface area contributed by atoms with Gasteiger partial charge in [-0.15, -0.1) is 10.2 Å². The predicted octanol–water partition coefficient (Wildman–Crippen LogP) is 0.878. The SMILES string of the molecule is CCn1c(=O)c2ccccc2n2c(CN3CCC(CO)C3)nnc12. The average molecular weight is 327 g/mol. The monoisotopic (exact) mass is 327 g/mol. The highest BCUT2D eigenvalue weighted by atomic mass is 16.3. The quantitative estimate of drug-likeness (QED) is 0.770. The Morgan fingerprint density at radius 2 is 2.12 bits per heavy atom. The van der Waals surface area contributed by atoms with Crippen LogP contribution in [0.3, 0.4) is 0 Å². The molecule has 1 N–H and O–H groups in total. The van der Waals surface area contributed by atoms with Gasteiger partial charge >= 0.3 is 0 Å². The molecule has 24 heavy (non-hydrogen) atoms. The number of aliphatic hydroxyl groups excluding tert-OH is 1. The number of aromatic nitrogens is 4. The topological polar surface area (TPSA) is 75.7 Å². The summed E-state index contributed by atoms with van der Waals surface area (Å²) in [5, 5.41) is 18.6. The van der Waals surface area contributed by atoms with Gasteiger partial charge in [0.2, 0.25) is 5.78 Å². The molecule has 1 unspecified atom stereocenters. The van der Waals surface area contributed by atoms with Gasteiger partial charge < -0.3 is 5.11 Å². The number of hydrogen-bond acceptors (Lipinski definition) is 5. The first kappa shape index (κ1) is 15.3. The van der Waals surface area contributed by atoms with Crippen molar-refractivity contribution in [3.05, 3.63) is 40.4 Å². The van der Waals surface area contributed by atoms with E-state index in [4.69, 9.17) is 0 Å². The van der Waals surface area contributed by atoms with Crippen LogP contribution in [0.2, 0.25) is 0 Å². The number of aryl methyl sites for hydroxylation is 1. The Labute approximate surface area is 139 Å². The molecule has 1 saturated heterocycles. The molecule has 1 aromatic carbocycles. The third-order valence-corrected chi connectivity index (χ3v) is 4.88. The summed E-state index contributed by atoms with van der Waals surface area (Å²) in [4.78, 5) is 14.9. The van der Waals surface area contributed by atoms with Crippen LogP contribution in [-0.2, 0) is 13.1 Å². The molecule has 3 aromatic rings. The highest BCUT2D eigenvalue weighted by Crippen LogP contribution is 2.20. The zero-order valence-corrected chi connectivity index (χ0v) is 13.7. The van der Waals surface area contributed by atoms with E-state index in [0.717, 1.165) is 30.9 Å². The Hall–Kier alpha value is -2.25. The molecule has 0 bridgehead atoms. The normalized spacial score (nSPS) is 18.8. The average Bonchev–Trinajstić information content (AvgIpc) is 3.23. The van der Waals surface area contributed by atoms with Gasteiger partial charge in [-0.1, -0.05) is 12.1 Å². The summed E-state index contributed by atoms with van der Waals surface area (Å²) >= 11 is 0. The molecule has 2 aromatic heterocycles. The van der Waals surface area contributed by atoms with Crippen molar-refractivity contribution >= 4 is 16.7 Å². The highest BCUT2D eigenvalue weighted by molar-refractivity contribution is 5.80. The van der Waals surface area contributed by atoms with E-state index in [1.54, 1.807) is 4.57 Å². The van der Waals surface area contributed by atoms with Crippen LogP contribution in [0.1, 0.15) is 19.2 Å². The Morgan fingerprint density at radius 3 is 2.88 bits per heavy atom. The molecule has 0 aliphatic carbocycles. The molecule has 1 fully saturated rings. The third-order valence-electron chi connectivity index (χ3n) is 4.88. The van der Waals surface area contributed by atoms with Crippen LogP contribution in [0.15, 0.2) is 29.1 Å². The summed E-state index contributed by atoms with van der Waals surface area (Å²) in [5.74, 6) is 1.77. The maximum absolute atomic E-state index is 12.7. The number of nitrogens with zero attached hydrogens (tertiary/aromatic N) is 5. The van der Waals surface area contributed by atoms with Crippen LogP contribution in [0, 0.1) is 5.92 Å². The number of benzene rings is 1. The molecule has 0 amide bonds. The van der Waals surface area contributed by atoms with Gasteiger partial charge in [-0.25, -0.2) is 0 Å². The van der Waals surface area contributed by atoms with E-state index < -0.39 is 0 Å². The lowest BCUT2D eigenvalue weighted by atomic mass is 10.1. The molecule has 1 atom stereocenters. The fraction of sp³-hybridized carbons (Fsp3) is 0.471. The molecule has 1 aliphatic rings. The molecule has 4 rings (SSSR count). The molecular weight excluding hydrogens is 306 g/mol. The second kappa shape index (κ2) is 5.99. The van der Waals surface area contributed by atoms with E-state index in [1.807, 2.05) is 35.6 Å². The van der Waals surface area contributed by atoms with E-state index in [-0.39, 0.29) is 12.2 Å². The van der Waals surface area contributed by atoms with E-state index in [9.17, 15) is 9.90 Å². The van der Waals surface area contributed by atoms with Crippen LogP contribution in [-0.4, -0.2) is 48.9 Å². The lowest BCUT2D eigenvalue weighted by Gasteiger charge is -2.15. The molecule has 0 spiro atoms. The number of rotatable bonds is 4. The van der Waals surface area contributed by atoms with Crippen molar-refractivity contribution in [1.82, 2.24) is 24.1 Å². The lowest BCUT2D eigenvalue weighted by molar-refractivity contribution is 0.219. The van der Waals surface area contributed by atoms with Gasteiger partial charge in [0.1, 0.15) is 0 Å². The van der Waals surface area contributed by atoms with E-state index >= 15 is 0 Å². The summed E-state index contributed by atoms with van der Waals surface area (Å²) in [6, 6.07) is 7.60. The molecule has 0 saturated carbocycles.